The average Bonchev–Trinajstić information content (AvgIpc) is 0.747. The van der Waals surface area contributed by atoms with Crippen molar-refractivity contribution in [1.29, 1.82) is 10.5 Å². The summed E-state index contributed by atoms with van der Waals surface area (Å²) >= 11 is 0. The molecule has 0 bridgehead atoms. The van der Waals surface area contributed by atoms with E-state index >= 15 is 17.9 Å². The zero-order chi connectivity index (χ0) is 69.9. The number of hydrogen-bond donors (Lipinski definition) is 0. The van der Waals surface area contributed by atoms with Crippen molar-refractivity contribution < 1.29 is 60.7 Å². The van der Waals surface area contributed by atoms with Crippen molar-refractivity contribution in [3.63, 3.8) is 0 Å². The van der Waals surface area contributed by atoms with E-state index in [1.54, 1.807) is 40.6 Å². The highest BCUT2D eigenvalue weighted by atomic mass is 31.2. The van der Waals surface area contributed by atoms with Gasteiger partial charge in [-0.15, -0.1) is 9.67 Å². The van der Waals surface area contributed by atoms with E-state index in [9.17, 15) is 10.5 Å². The monoisotopic (exact) mass is 1360 g/mol. The van der Waals surface area contributed by atoms with Crippen LogP contribution in [0.4, 0.5) is 8.78 Å². The first-order valence-corrected chi connectivity index (χ1v) is 36.4. The largest absolute Gasteiger partial charge is 0.497 e. The van der Waals surface area contributed by atoms with Gasteiger partial charge in [0.25, 0.3) is 0 Å². The molecule has 0 aliphatic heterocycles. The van der Waals surface area contributed by atoms with Gasteiger partial charge in [-0.3, -0.25) is 9.68 Å². The van der Waals surface area contributed by atoms with Crippen LogP contribution in [0.1, 0.15) is 126 Å². The molecule has 0 saturated carbocycles. The fourth-order valence-corrected chi connectivity index (χ4v) is 18.4. The number of benzene rings is 8. The summed E-state index contributed by atoms with van der Waals surface area (Å²) in [4.78, 5) is 17.1. The Hall–Kier alpha value is -8.18. The highest BCUT2D eigenvalue weighted by Crippen LogP contribution is 2.61. The number of hydroxylamine groups is 2. The predicted molar refractivity (Wildman–Crippen MR) is 376 cm³/mol. The van der Waals surface area contributed by atoms with Crippen LogP contribution in [0.2, 0.25) is 0 Å². The number of hydrogen-bond acceptors (Lipinski definition) is 13. The molecule has 0 aliphatic carbocycles. The lowest BCUT2D eigenvalue weighted by atomic mass is 9.79. The van der Waals surface area contributed by atoms with Gasteiger partial charge in [-0.05, 0) is 107 Å². The van der Waals surface area contributed by atoms with Gasteiger partial charge < -0.3 is 42.3 Å². The summed E-state index contributed by atoms with van der Waals surface area (Å²) in [5.41, 5.74) is -0.0902. The Bertz CT molecular complexity index is 3660. The molecular weight excluding hydrogens is 1270 g/mol. The van der Waals surface area contributed by atoms with Crippen LogP contribution in [-0.2, 0) is 52.3 Å². The molecule has 0 spiro atoms. The van der Waals surface area contributed by atoms with Crippen molar-refractivity contribution in [2.45, 2.75) is 140 Å². The number of nitriles is 2. The maximum absolute atomic E-state index is 16.1. The molecule has 8 rings (SSSR count). The second-order valence-electron chi connectivity index (χ2n) is 24.6. The van der Waals surface area contributed by atoms with E-state index in [1.165, 1.54) is 46.1 Å². The third-order valence-electron chi connectivity index (χ3n) is 17.4. The first kappa shape index (κ1) is 74.6. The number of ether oxygens (including phenoxy) is 7. The third-order valence-corrected chi connectivity index (χ3v) is 25.3. The first-order valence-electron chi connectivity index (χ1n) is 32.8. The van der Waals surface area contributed by atoms with Crippen LogP contribution >= 0.6 is 14.6 Å². The van der Waals surface area contributed by atoms with Gasteiger partial charge in [0.1, 0.15) is 46.1 Å². The second-order valence-corrected chi connectivity index (χ2v) is 32.3. The van der Waals surface area contributed by atoms with E-state index < -0.39 is 72.6 Å². The van der Waals surface area contributed by atoms with Crippen LogP contribution in [0.15, 0.2) is 194 Å². The Morgan fingerprint density at radius 2 is 0.742 bits per heavy atom. The summed E-state index contributed by atoms with van der Waals surface area (Å²) < 4.78 is 109. The Morgan fingerprint density at radius 1 is 0.423 bits per heavy atom. The molecule has 0 fully saturated rings. The molecule has 15 nitrogen and oxygen atoms in total. The summed E-state index contributed by atoms with van der Waals surface area (Å²) in [6.45, 7) is 14.9. The van der Waals surface area contributed by atoms with Gasteiger partial charge in [-0.1, -0.05) is 177 Å². The SMILES string of the molecule is COc1ccc(C(OC(CCc2cc(F)ccc2Oc2ccc(F)cc2CCC(ON(CCC#N)P(=O)(C(C)C)C(C)C)OC(c2ccccc2)(c2ccccc2)c2ccc(OC)cc2OC)ON(CCC#N)P(=O)(C(C)C)C(C)C)(c2ccccc2)c2ccccc2)c(OC)c1. The van der Waals surface area contributed by atoms with E-state index in [0.29, 0.717) is 67.5 Å². The Labute approximate surface area is 571 Å². The lowest BCUT2D eigenvalue weighted by Gasteiger charge is -2.42. The first-order chi connectivity index (χ1) is 46.7. The summed E-state index contributed by atoms with van der Waals surface area (Å²) in [6.07, 6.45) is -2.66. The lowest BCUT2D eigenvalue weighted by molar-refractivity contribution is -0.271. The molecule has 0 N–H and O–H groups in total. The molecule has 0 saturated heterocycles. The number of nitrogens with zero attached hydrogens (tertiary/aromatic N) is 4. The average molecular weight is 1360 g/mol. The molecule has 0 aliphatic rings. The van der Waals surface area contributed by atoms with Gasteiger partial charge in [0, 0.05) is 71.8 Å². The molecule has 0 aromatic heterocycles. The third kappa shape index (κ3) is 16.9. The molecule has 0 radical (unpaired) electrons. The molecule has 2 unspecified atom stereocenters. The highest BCUT2D eigenvalue weighted by molar-refractivity contribution is 7.63. The smallest absolute Gasteiger partial charge is 0.180 e. The zero-order valence-electron chi connectivity index (χ0n) is 57.5. The number of halogens is 2. The topological polar surface area (TPSA) is 171 Å². The van der Waals surface area contributed by atoms with Crippen LogP contribution in [-0.4, -0.2) is 86.4 Å². The van der Waals surface area contributed by atoms with Gasteiger partial charge in [0.15, 0.2) is 38.4 Å². The highest BCUT2D eigenvalue weighted by Gasteiger charge is 2.48. The van der Waals surface area contributed by atoms with Gasteiger partial charge in [-0.2, -0.15) is 10.5 Å². The minimum absolute atomic E-state index is 0.0198. The molecule has 19 heteroatoms. The summed E-state index contributed by atoms with van der Waals surface area (Å²) in [6, 6.07) is 62.0. The summed E-state index contributed by atoms with van der Waals surface area (Å²) in [5.74, 6) is 1.21. The number of methoxy groups -OCH3 is 4. The number of aryl methyl sites for hydroxylation is 2. The van der Waals surface area contributed by atoms with Crippen LogP contribution in [0.3, 0.4) is 0 Å². The molecular formula is C78H90F2N4O11P2. The van der Waals surface area contributed by atoms with Crippen molar-refractivity contribution in [3.8, 4) is 46.6 Å². The van der Waals surface area contributed by atoms with E-state index in [-0.39, 0.29) is 63.1 Å². The predicted octanol–water partition coefficient (Wildman–Crippen LogP) is 18.8. The standard InChI is InChI=1S/C78H90F2N4O11P2/c1-55(2)96(85,56(3)4)83(49-25-47-81)94-75(92-77(61-27-17-13-18-28-61,62-29-19-14-20-30-62)69-41-39-67(87-9)53-73(69)89-11)45-35-59-51-65(79)37-43-71(59)91-72-44-38-66(80)52-60(72)36-46-76(95-84(50-26-48-82)97(86,57(5)6)58(7)8)93-78(63-31-21-15-22-32-63,64-33-23-16-24-34-64)70-42-40-68(88-10)54-74(70)90-12/h13-24,27-34,37-44,51-58,75-76H,25-26,35-36,45-46,49-50H2,1-12H3. The van der Waals surface area contributed by atoms with Crippen molar-refractivity contribution in [2.75, 3.05) is 41.5 Å². The second kappa shape index (κ2) is 34.4. The summed E-state index contributed by atoms with van der Waals surface area (Å²) in [7, 11) is -0.698. The van der Waals surface area contributed by atoms with Crippen molar-refractivity contribution in [1.82, 2.24) is 9.67 Å². The molecule has 8 aromatic rings. The Balaban J connectivity index is 1.26. The lowest BCUT2D eigenvalue weighted by Crippen LogP contribution is -2.42. The normalized spacial score (nSPS) is 12.8. The zero-order valence-corrected chi connectivity index (χ0v) is 59.3. The van der Waals surface area contributed by atoms with E-state index in [1.807, 2.05) is 201 Å². The van der Waals surface area contributed by atoms with Crippen molar-refractivity contribution >= 4 is 14.6 Å². The fourth-order valence-electron chi connectivity index (χ4n) is 12.6. The van der Waals surface area contributed by atoms with E-state index in [0.717, 1.165) is 0 Å². The van der Waals surface area contributed by atoms with Crippen LogP contribution < -0.4 is 23.7 Å². The van der Waals surface area contributed by atoms with E-state index in [4.69, 9.17) is 42.8 Å². The Kier molecular flexibility index (Phi) is 26.4. The maximum Gasteiger partial charge on any atom is 0.180 e. The van der Waals surface area contributed by atoms with E-state index in [2.05, 4.69) is 12.1 Å². The molecule has 8 aromatic carbocycles. The molecule has 0 heterocycles. The van der Waals surface area contributed by atoms with Crippen LogP contribution in [0, 0.1) is 34.3 Å². The molecule has 97 heavy (non-hydrogen) atoms. The van der Waals surface area contributed by atoms with Crippen molar-refractivity contribution in [3.05, 3.63) is 250 Å². The van der Waals surface area contributed by atoms with Gasteiger partial charge in [-0.25, -0.2) is 8.78 Å². The van der Waals surface area contributed by atoms with Gasteiger partial charge in [0.2, 0.25) is 0 Å². The molecule has 2 atom stereocenters. The van der Waals surface area contributed by atoms with Crippen molar-refractivity contribution in [2.24, 2.45) is 0 Å². The maximum atomic E-state index is 16.1. The number of rotatable bonds is 36. The molecule has 0 amide bonds. The summed E-state index contributed by atoms with van der Waals surface area (Å²) in [5, 5.41) is 20.2. The van der Waals surface area contributed by atoms with Gasteiger partial charge >= 0.3 is 0 Å². The van der Waals surface area contributed by atoms with Crippen LogP contribution in [0.25, 0.3) is 0 Å². The molecule has 512 valence electrons. The quantitative estimate of drug-likeness (QED) is 0.0157. The van der Waals surface area contributed by atoms with Crippen LogP contribution in [0.5, 0.6) is 34.5 Å². The van der Waals surface area contributed by atoms with Gasteiger partial charge in [0.05, 0.1) is 53.4 Å². The minimum Gasteiger partial charge on any atom is -0.497 e. The fraction of sp³-hybridized carbons (Fsp3) is 0.359. The Morgan fingerprint density at radius 3 is 1.02 bits per heavy atom. The minimum atomic E-state index is -3.48.